The van der Waals surface area contributed by atoms with Crippen LogP contribution < -0.4 is 10.1 Å². The van der Waals surface area contributed by atoms with E-state index in [1.807, 2.05) is 0 Å². The van der Waals surface area contributed by atoms with E-state index in [0.717, 1.165) is 0 Å². The van der Waals surface area contributed by atoms with Crippen molar-refractivity contribution < 1.29 is 19.0 Å². The molecule has 0 fully saturated rings. The Hall–Kier alpha value is -2.40. The van der Waals surface area contributed by atoms with Crippen molar-refractivity contribution in [2.75, 3.05) is 7.11 Å². The third-order valence-electron chi connectivity index (χ3n) is 3.40. The highest BCUT2D eigenvalue weighted by molar-refractivity contribution is 5.82. The van der Waals surface area contributed by atoms with Crippen molar-refractivity contribution in [2.45, 2.75) is 19.1 Å². The van der Waals surface area contributed by atoms with Crippen LogP contribution in [0.15, 0.2) is 48.5 Å². The molecule has 2 unspecified atom stereocenters. The number of aliphatic hydroxyl groups is 1. The quantitative estimate of drug-likeness (QED) is 0.893. The van der Waals surface area contributed by atoms with Gasteiger partial charge in [0, 0.05) is 0 Å². The SMILES string of the molecule is COc1ccc(C(C)NC(=O)C(O)c2ccccc2)cc1F. The van der Waals surface area contributed by atoms with Crippen LogP contribution in [0.5, 0.6) is 5.75 Å². The Morgan fingerprint density at radius 1 is 1.18 bits per heavy atom. The van der Waals surface area contributed by atoms with Gasteiger partial charge in [-0.05, 0) is 30.2 Å². The lowest BCUT2D eigenvalue weighted by Gasteiger charge is -2.18. The summed E-state index contributed by atoms with van der Waals surface area (Å²) >= 11 is 0. The van der Waals surface area contributed by atoms with Crippen molar-refractivity contribution in [3.63, 3.8) is 0 Å². The molecule has 2 aromatic rings. The molecule has 2 rings (SSSR count). The number of methoxy groups -OCH3 is 1. The van der Waals surface area contributed by atoms with Gasteiger partial charge in [0.1, 0.15) is 0 Å². The Kier molecular flexibility index (Phi) is 5.12. The zero-order valence-electron chi connectivity index (χ0n) is 12.4. The first kappa shape index (κ1) is 16.0. The van der Waals surface area contributed by atoms with E-state index >= 15 is 0 Å². The molecule has 0 saturated carbocycles. The molecule has 0 saturated heterocycles. The highest BCUT2D eigenvalue weighted by atomic mass is 19.1. The first-order valence-electron chi connectivity index (χ1n) is 6.89. The van der Waals surface area contributed by atoms with Crippen molar-refractivity contribution in [2.24, 2.45) is 0 Å². The maximum absolute atomic E-state index is 13.7. The lowest BCUT2D eigenvalue weighted by molar-refractivity contribution is -0.130. The average molecular weight is 303 g/mol. The van der Waals surface area contributed by atoms with Gasteiger partial charge in [0.2, 0.25) is 0 Å². The second-order valence-electron chi connectivity index (χ2n) is 4.94. The summed E-state index contributed by atoms with van der Waals surface area (Å²) in [6, 6.07) is 12.7. The zero-order chi connectivity index (χ0) is 16.1. The molecule has 2 N–H and O–H groups in total. The van der Waals surface area contributed by atoms with Crippen LogP contribution in [0.25, 0.3) is 0 Å². The summed E-state index contributed by atoms with van der Waals surface area (Å²) in [6.45, 7) is 1.72. The number of hydrogen-bond acceptors (Lipinski definition) is 3. The molecule has 2 aromatic carbocycles. The fourth-order valence-electron chi connectivity index (χ4n) is 2.11. The number of rotatable bonds is 5. The number of amides is 1. The van der Waals surface area contributed by atoms with Crippen LogP contribution in [0.3, 0.4) is 0 Å². The molecule has 116 valence electrons. The number of benzene rings is 2. The van der Waals surface area contributed by atoms with Gasteiger partial charge in [-0.2, -0.15) is 0 Å². The molecule has 5 heteroatoms. The van der Waals surface area contributed by atoms with E-state index < -0.39 is 23.9 Å². The monoisotopic (exact) mass is 303 g/mol. The predicted octanol–water partition coefficient (Wildman–Crippen LogP) is 2.75. The maximum Gasteiger partial charge on any atom is 0.253 e. The minimum Gasteiger partial charge on any atom is -0.494 e. The molecular weight excluding hydrogens is 285 g/mol. The highest BCUT2D eigenvalue weighted by Gasteiger charge is 2.20. The predicted molar refractivity (Wildman–Crippen MR) is 80.9 cm³/mol. The van der Waals surface area contributed by atoms with E-state index in [2.05, 4.69) is 5.32 Å². The lowest BCUT2D eigenvalue weighted by Crippen LogP contribution is -2.31. The maximum atomic E-state index is 13.7. The van der Waals surface area contributed by atoms with Crippen LogP contribution in [0.4, 0.5) is 4.39 Å². The topological polar surface area (TPSA) is 58.6 Å². The van der Waals surface area contributed by atoms with E-state index in [4.69, 9.17) is 4.74 Å². The van der Waals surface area contributed by atoms with Gasteiger partial charge in [-0.1, -0.05) is 36.4 Å². The van der Waals surface area contributed by atoms with Crippen LogP contribution in [0.1, 0.15) is 30.2 Å². The fourth-order valence-corrected chi connectivity index (χ4v) is 2.11. The molecule has 0 radical (unpaired) electrons. The van der Waals surface area contributed by atoms with Crippen LogP contribution in [0.2, 0.25) is 0 Å². The average Bonchev–Trinajstić information content (AvgIpc) is 2.54. The molecule has 22 heavy (non-hydrogen) atoms. The Morgan fingerprint density at radius 2 is 1.86 bits per heavy atom. The van der Waals surface area contributed by atoms with Gasteiger partial charge in [-0.3, -0.25) is 4.79 Å². The Bertz CT molecular complexity index is 646. The van der Waals surface area contributed by atoms with E-state index in [1.54, 1.807) is 43.3 Å². The van der Waals surface area contributed by atoms with Crippen molar-refractivity contribution in [3.8, 4) is 5.75 Å². The second-order valence-corrected chi connectivity index (χ2v) is 4.94. The number of aliphatic hydroxyl groups excluding tert-OH is 1. The van der Waals surface area contributed by atoms with Crippen molar-refractivity contribution in [3.05, 3.63) is 65.5 Å². The molecule has 0 bridgehead atoms. The number of halogens is 1. The van der Waals surface area contributed by atoms with Gasteiger partial charge >= 0.3 is 0 Å². The largest absolute Gasteiger partial charge is 0.494 e. The molecule has 0 aliphatic carbocycles. The minimum absolute atomic E-state index is 0.145. The molecule has 0 aromatic heterocycles. The number of nitrogens with one attached hydrogen (secondary N) is 1. The van der Waals surface area contributed by atoms with E-state index in [9.17, 15) is 14.3 Å². The summed E-state index contributed by atoms with van der Waals surface area (Å²) in [4.78, 5) is 12.1. The Labute approximate surface area is 128 Å². The van der Waals surface area contributed by atoms with Crippen LogP contribution in [-0.4, -0.2) is 18.1 Å². The van der Waals surface area contributed by atoms with E-state index in [0.29, 0.717) is 11.1 Å². The number of carbonyl (C=O) groups is 1. The van der Waals surface area contributed by atoms with Gasteiger partial charge in [0.05, 0.1) is 13.2 Å². The van der Waals surface area contributed by atoms with Gasteiger partial charge < -0.3 is 15.2 Å². The summed E-state index contributed by atoms with van der Waals surface area (Å²) in [6.07, 6.45) is -1.26. The summed E-state index contributed by atoms with van der Waals surface area (Å²) in [7, 11) is 1.39. The van der Waals surface area contributed by atoms with Crippen molar-refractivity contribution in [1.82, 2.24) is 5.32 Å². The molecule has 4 nitrogen and oxygen atoms in total. The summed E-state index contributed by atoms with van der Waals surface area (Å²) < 4.78 is 18.5. The van der Waals surface area contributed by atoms with E-state index in [1.165, 1.54) is 19.2 Å². The number of ether oxygens (including phenoxy) is 1. The third kappa shape index (κ3) is 3.62. The molecule has 0 spiro atoms. The summed E-state index contributed by atoms with van der Waals surface area (Å²) in [5.41, 5.74) is 1.10. The Balaban J connectivity index is 2.06. The van der Waals surface area contributed by atoms with Gasteiger partial charge in [-0.25, -0.2) is 4.39 Å². The molecule has 2 atom stereocenters. The first-order valence-corrected chi connectivity index (χ1v) is 6.89. The molecular formula is C17H18FNO3. The smallest absolute Gasteiger partial charge is 0.253 e. The summed E-state index contributed by atoms with van der Waals surface area (Å²) in [5.74, 6) is -0.883. The molecule has 0 aliphatic rings. The third-order valence-corrected chi connectivity index (χ3v) is 3.40. The van der Waals surface area contributed by atoms with Crippen LogP contribution in [0, 0.1) is 5.82 Å². The number of hydrogen-bond donors (Lipinski definition) is 2. The normalized spacial score (nSPS) is 13.3. The zero-order valence-corrected chi connectivity index (χ0v) is 12.4. The van der Waals surface area contributed by atoms with Crippen molar-refractivity contribution >= 4 is 5.91 Å². The second kappa shape index (κ2) is 7.04. The van der Waals surface area contributed by atoms with E-state index in [-0.39, 0.29) is 5.75 Å². The molecule has 0 aliphatic heterocycles. The first-order chi connectivity index (χ1) is 10.5. The summed E-state index contributed by atoms with van der Waals surface area (Å²) in [5, 5.41) is 12.7. The fraction of sp³-hybridized carbons (Fsp3) is 0.235. The Morgan fingerprint density at radius 3 is 2.45 bits per heavy atom. The highest BCUT2D eigenvalue weighted by Crippen LogP contribution is 2.22. The molecule has 0 heterocycles. The standard InChI is InChI=1S/C17H18FNO3/c1-11(13-8-9-15(22-2)14(18)10-13)19-17(21)16(20)12-6-4-3-5-7-12/h3-11,16,20H,1-2H3,(H,19,21). The van der Waals surface area contributed by atoms with Gasteiger partial charge in [0.25, 0.3) is 5.91 Å². The van der Waals surface area contributed by atoms with Crippen molar-refractivity contribution in [1.29, 1.82) is 0 Å². The lowest BCUT2D eigenvalue weighted by atomic mass is 10.1. The van der Waals surface area contributed by atoms with Gasteiger partial charge in [0.15, 0.2) is 17.7 Å². The minimum atomic E-state index is -1.26. The van der Waals surface area contributed by atoms with Gasteiger partial charge in [-0.15, -0.1) is 0 Å². The van der Waals surface area contributed by atoms with Crippen LogP contribution in [-0.2, 0) is 4.79 Å². The molecule has 1 amide bonds. The number of carbonyl (C=O) groups excluding carboxylic acids is 1. The van der Waals surface area contributed by atoms with Crippen LogP contribution >= 0.6 is 0 Å².